The number of nitrogens with zero attached hydrogens (tertiary/aromatic N) is 3. The van der Waals surface area contributed by atoms with Crippen molar-refractivity contribution in [2.45, 2.75) is 6.54 Å². The normalized spacial score (nSPS) is 10.3. The van der Waals surface area contributed by atoms with Crippen LogP contribution >= 0.6 is 11.6 Å². The Hall–Kier alpha value is -2.60. The molecule has 0 saturated carbocycles. The van der Waals surface area contributed by atoms with Crippen molar-refractivity contribution < 1.29 is 4.42 Å². The highest BCUT2D eigenvalue weighted by atomic mass is 35.5. The second-order valence-corrected chi connectivity index (χ2v) is 4.51. The minimum atomic E-state index is 0.116. The van der Waals surface area contributed by atoms with Gasteiger partial charge in [-0.2, -0.15) is 15.0 Å². The topological polar surface area (TPSA) is 75.9 Å². The van der Waals surface area contributed by atoms with Crippen LogP contribution in [0, 0.1) is 0 Å². The Bertz CT molecular complexity index is 703. The Kier molecular flexibility index (Phi) is 3.97. The first-order valence-electron chi connectivity index (χ1n) is 6.29. The van der Waals surface area contributed by atoms with Gasteiger partial charge in [0.1, 0.15) is 5.76 Å². The standard InChI is InChI=1S/C14H12ClN5O/c15-12-18-13(16-9-11-7-4-8-21-11)20-14(19-12)17-10-5-2-1-3-6-10/h1-8H,9H2,(H2,16,17,18,19,20). The second kappa shape index (κ2) is 6.23. The van der Waals surface area contributed by atoms with E-state index in [9.17, 15) is 0 Å². The van der Waals surface area contributed by atoms with Gasteiger partial charge >= 0.3 is 0 Å². The van der Waals surface area contributed by atoms with E-state index in [-0.39, 0.29) is 5.28 Å². The van der Waals surface area contributed by atoms with Crippen LogP contribution in [0.5, 0.6) is 0 Å². The first-order valence-corrected chi connectivity index (χ1v) is 6.67. The van der Waals surface area contributed by atoms with Gasteiger partial charge in [0.25, 0.3) is 0 Å². The lowest BCUT2D eigenvalue weighted by atomic mass is 10.3. The summed E-state index contributed by atoms with van der Waals surface area (Å²) < 4.78 is 5.23. The fraction of sp³-hybridized carbons (Fsp3) is 0.0714. The average molecular weight is 302 g/mol. The van der Waals surface area contributed by atoms with Crippen molar-refractivity contribution in [1.29, 1.82) is 0 Å². The van der Waals surface area contributed by atoms with Crippen molar-refractivity contribution in [3.05, 3.63) is 59.8 Å². The van der Waals surface area contributed by atoms with E-state index in [0.29, 0.717) is 18.4 Å². The predicted octanol–water partition coefficient (Wildman–Crippen LogP) is 3.47. The van der Waals surface area contributed by atoms with Gasteiger partial charge in [0.05, 0.1) is 12.8 Å². The minimum absolute atomic E-state index is 0.116. The van der Waals surface area contributed by atoms with Crippen molar-refractivity contribution in [1.82, 2.24) is 15.0 Å². The van der Waals surface area contributed by atoms with Crippen LogP contribution in [-0.4, -0.2) is 15.0 Å². The number of rotatable bonds is 5. The molecular formula is C14H12ClN5O. The number of aromatic nitrogens is 3. The molecule has 6 nitrogen and oxygen atoms in total. The number of furan rings is 1. The zero-order valence-electron chi connectivity index (χ0n) is 11.0. The van der Waals surface area contributed by atoms with Crippen LogP contribution < -0.4 is 10.6 Å². The highest BCUT2D eigenvalue weighted by Crippen LogP contribution is 2.15. The van der Waals surface area contributed by atoms with Crippen molar-refractivity contribution in [3.8, 4) is 0 Å². The Labute approximate surface area is 126 Å². The molecule has 106 valence electrons. The summed E-state index contributed by atoms with van der Waals surface area (Å²) in [5.41, 5.74) is 0.872. The lowest BCUT2D eigenvalue weighted by molar-refractivity contribution is 0.517. The lowest BCUT2D eigenvalue weighted by Gasteiger charge is -2.07. The Balaban J connectivity index is 1.73. The molecule has 0 radical (unpaired) electrons. The number of benzene rings is 1. The number of hydrogen-bond donors (Lipinski definition) is 2. The van der Waals surface area contributed by atoms with Gasteiger partial charge < -0.3 is 15.1 Å². The van der Waals surface area contributed by atoms with Gasteiger partial charge in [-0.3, -0.25) is 0 Å². The molecule has 21 heavy (non-hydrogen) atoms. The van der Waals surface area contributed by atoms with Crippen LogP contribution in [-0.2, 0) is 6.54 Å². The van der Waals surface area contributed by atoms with E-state index in [1.807, 2.05) is 42.5 Å². The van der Waals surface area contributed by atoms with Gasteiger partial charge in [0, 0.05) is 5.69 Å². The van der Waals surface area contributed by atoms with E-state index in [4.69, 9.17) is 16.0 Å². The molecule has 2 heterocycles. The molecule has 0 unspecified atom stereocenters. The number of halogens is 1. The molecule has 3 rings (SSSR count). The molecule has 1 aromatic carbocycles. The second-order valence-electron chi connectivity index (χ2n) is 4.18. The third kappa shape index (κ3) is 3.70. The number of para-hydroxylation sites is 1. The maximum Gasteiger partial charge on any atom is 0.233 e. The molecule has 0 fully saturated rings. The van der Waals surface area contributed by atoms with E-state index >= 15 is 0 Å². The predicted molar refractivity (Wildman–Crippen MR) is 80.6 cm³/mol. The molecular weight excluding hydrogens is 290 g/mol. The highest BCUT2D eigenvalue weighted by Gasteiger charge is 2.06. The van der Waals surface area contributed by atoms with E-state index in [1.54, 1.807) is 6.26 Å². The molecule has 7 heteroatoms. The summed E-state index contributed by atoms with van der Waals surface area (Å²) in [4.78, 5) is 12.3. The first kappa shape index (κ1) is 13.4. The van der Waals surface area contributed by atoms with Crippen LogP contribution in [0.15, 0.2) is 53.1 Å². The Morgan fingerprint density at radius 2 is 1.76 bits per heavy atom. The summed E-state index contributed by atoms with van der Waals surface area (Å²) in [5, 5.41) is 6.22. The zero-order valence-corrected chi connectivity index (χ0v) is 11.7. The zero-order chi connectivity index (χ0) is 14.5. The Morgan fingerprint density at radius 3 is 2.52 bits per heavy atom. The molecule has 0 bridgehead atoms. The maximum absolute atomic E-state index is 5.91. The summed E-state index contributed by atoms with van der Waals surface area (Å²) >= 11 is 5.91. The lowest BCUT2D eigenvalue weighted by Crippen LogP contribution is -2.06. The van der Waals surface area contributed by atoms with Crippen molar-refractivity contribution >= 4 is 29.2 Å². The van der Waals surface area contributed by atoms with Gasteiger partial charge in [-0.1, -0.05) is 18.2 Å². The van der Waals surface area contributed by atoms with Crippen molar-refractivity contribution in [2.75, 3.05) is 10.6 Å². The molecule has 2 N–H and O–H groups in total. The minimum Gasteiger partial charge on any atom is -0.467 e. The van der Waals surface area contributed by atoms with Crippen LogP contribution in [0.3, 0.4) is 0 Å². The maximum atomic E-state index is 5.91. The van der Waals surface area contributed by atoms with E-state index < -0.39 is 0 Å². The van der Waals surface area contributed by atoms with Crippen LogP contribution in [0.25, 0.3) is 0 Å². The summed E-state index contributed by atoms with van der Waals surface area (Å²) in [5.74, 6) is 1.54. The van der Waals surface area contributed by atoms with Crippen LogP contribution in [0.4, 0.5) is 17.6 Å². The molecule has 3 aromatic rings. The summed E-state index contributed by atoms with van der Waals surface area (Å²) in [7, 11) is 0. The first-order chi connectivity index (χ1) is 10.3. The largest absolute Gasteiger partial charge is 0.467 e. The number of nitrogens with one attached hydrogen (secondary N) is 2. The molecule has 0 aliphatic heterocycles. The molecule has 0 saturated heterocycles. The van der Waals surface area contributed by atoms with Crippen molar-refractivity contribution in [3.63, 3.8) is 0 Å². The summed E-state index contributed by atoms with van der Waals surface area (Å²) in [6.45, 7) is 0.470. The van der Waals surface area contributed by atoms with E-state index in [2.05, 4.69) is 25.6 Å². The van der Waals surface area contributed by atoms with Crippen molar-refractivity contribution in [2.24, 2.45) is 0 Å². The molecule has 0 aliphatic rings. The van der Waals surface area contributed by atoms with Gasteiger partial charge in [-0.25, -0.2) is 0 Å². The highest BCUT2D eigenvalue weighted by molar-refractivity contribution is 6.28. The van der Waals surface area contributed by atoms with Crippen LogP contribution in [0.2, 0.25) is 5.28 Å². The van der Waals surface area contributed by atoms with E-state index in [0.717, 1.165) is 11.4 Å². The molecule has 0 atom stereocenters. The number of anilines is 3. The third-order valence-electron chi connectivity index (χ3n) is 2.64. The van der Waals surface area contributed by atoms with Crippen LogP contribution in [0.1, 0.15) is 5.76 Å². The summed E-state index contributed by atoms with van der Waals surface area (Å²) in [6, 6.07) is 13.3. The van der Waals surface area contributed by atoms with Gasteiger partial charge in [0.2, 0.25) is 17.2 Å². The Morgan fingerprint density at radius 1 is 0.952 bits per heavy atom. The smallest absolute Gasteiger partial charge is 0.233 e. The SMILES string of the molecule is Clc1nc(NCc2ccco2)nc(Nc2ccccc2)n1. The monoisotopic (exact) mass is 301 g/mol. The summed E-state index contributed by atoms with van der Waals surface area (Å²) in [6.07, 6.45) is 1.61. The van der Waals surface area contributed by atoms with E-state index in [1.165, 1.54) is 0 Å². The fourth-order valence-electron chi connectivity index (χ4n) is 1.71. The third-order valence-corrected chi connectivity index (χ3v) is 2.81. The van der Waals surface area contributed by atoms with Gasteiger partial charge in [-0.05, 0) is 35.9 Å². The fourth-order valence-corrected chi connectivity index (χ4v) is 1.88. The van der Waals surface area contributed by atoms with Gasteiger partial charge in [-0.15, -0.1) is 0 Å². The molecule has 2 aromatic heterocycles. The molecule has 0 spiro atoms. The number of hydrogen-bond acceptors (Lipinski definition) is 6. The van der Waals surface area contributed by atoms with Gasteiger partial charge in [0.15, 0.2) is 0 Å². The molecule has 0 aliphatic carbocycles. The quantitative estimate of drug-likeness (QED) is 0.751. The average Bonchev–Trinajstić information content (AvgIpc) is 2.99. The molecule has 0 amide bonds.